The molecule has 3 nitrogen and oxygen atoms in total. The van der Waals surface area contributed by atoms with E-state index in [0.717, 1.165) is 0 Å². The molecule has 2 N–H and O–H groups in total. The summed E-state index contributed by atoms with van der Waals surface area (Å²) in [5.74, 6) is -2.04. The Morgan fingerprint density at radius 1 is 1.42 bits per heavy atom. The highest BCUT2D eigenvalue weighted by Gasteiger charge is 2.41. The van der Waals surface area contributed by atoms with Gasteiger partial charge in [-0.05, 0) is 13.8 Å². The molecule has 0 aliphatic rings. The van der Waals surface area contributed by atoms with E-state index in [0.29, 0.717) is 0 Å². The predicted octanol–water partition coefficient (Wildman–Crippen LogP) is 0.436. The second-order valence-electron chi connectivity index (χ2n) is 2.99. The summed E-state index contributed by atoms with van der Waals surface area (Å²) in [4.78, 5) is 10.3. The summed E-state index contributed by atoms with van der Waals surface area (Å²) in [5, 5.41) is 10.2. The van der Waals surface area contributed by atoms with Gasteiger partial charge in [-0.3, -0.25) is 4.79 Å². The number of carbonyl (C=O) groups is 1. The summed E-state index contributed by atoms with van der Waals surface area (Å²) in [5.41, 5.74) is -1.24. The van der Waals surface area contributed by atoms with Gasteiger partial charge in [-0.25, -0.2) is 0 Å². The average Bonchev–Trinajstić information content (AvgIpc) is 1.85. The van der Waals surface area contributed by atoms with Gasteiger partial charge in [0.2, 0.25) is 0 Å². The molecule has 0 fully saturated rings. The SMILES string of the molecule is CC(C)(CO)NC(=O)C(F)(F)F. The van der Waals surface area contributed by atoms with E-state index in [1.54, 1.807) is 5.32 Å². The summed E-state index contributed by atoms with van der Waals surface area (Å²) in [6, 6.07) is 0. The zero-order valence-electron chi connectivity index (χ0n) is 6.70. The van der Waals surface area contributed by atoms with Crippen LogP contribution in [0, 0.1) is 0 Å². The Kier molecular flexibility index (Phi) is 3.09. The molecule has 0 unspecified atom stereocenters. The van der Waals surface area contributed by atoms with Crippen LogP contribution in [0.25, 0.3) is 0 Å². The summed E-state index contributed by atoms with van der Waals surface area (Å²) in [6.07, 6.45) is -4.90. The zero-order valence-corrected chi connectivity index (χ0v) is 6.70. The molecular formula is C6H10F3NO2. The first-order chi connectivity index (χ1) is 5.19. The average molecular weight is 185 g/mol. The highest BCUT2D eigenvalue weighted by Crippen LogP contribution is 2.16. The van der Waals surface area contributed by atoms with Crippen molar-refractivity contribution in [2.24, 2.45) is 0 Å². The minimum Gasteiger partial charge on any atom is -0.394 e. The fourth-order valence-corrected chi connectivity index (χ4v) is 0.418. The van der Waals surface area contributed by atoms with Gasteiger partial charge in [0.05, 0.1) is 12.1 Å². The number of hydrogen-bond acceptors (Lipinski definition) is 2. The molecule has 0 aliphatic carbocycles. The Balaban J connectivity index is 4.20. The third kappa shape index (κ3) is 3.56. The standard InChI is InChI=1S/C6H10F3NO2/c1-5(2,3-11)10-4(12)6(7,8)9/h11H,3H2,1-2H3,(H,10,12). The molecule has 0 aromatic heterocycles. The molecule has 0 radical (unpaired) electrons. The van der Waals surface area contributed by atoms with Gasteiger partial charge < -0.3 is 10.4 Å². The van der Waals surface area contributed by atoms with Crippen LogP contribution in [0.3, 0.4) is 0 Å². The molecular weight excluding hydrogens is 175 g/mol. The van der Waals surface area contributed by atoms with Crippen LogP contribution in [0.1, 0.15) is 13.8 Å². The zero-order chi connectivity index (χ0) is 9.99. The molecule has 0 atom stereocenters. The molecule has 6 heteroatoms. The summed E-state index contributed by atoms with van der Waals surface area (Å²) in [7, 11) is 0. The lowest BCUT2D eigenvalue weighted by Crippen LogP contribution is -2.51. The number of nitrogens with one attached hydrogen (secondary N) is 1. The molecule has 12 heavy (non-hydrogen) atoms. The van der Waals surface area contributed by atoms with E-state index < -0.39 is 24.2 Å². The van der Waals surface area contributed by atoms with Crippen LogP contribution in [-0.2, 0) is 4.79 Å². The lowest BCUT2D eigenvalue weighted by molar-refractivity contribution is -0.175. The third-order valence-electron chi connectivity index (χ3n) is 1.10. The molecule has 0 spiro atoms. The van der Waals surface area contributed by atoms with Gasteiger partial charge in [0.25, 0.3) is 0 Å². The number of aliphatic hydroxyl groups is 1. The van der Waals surface area contributed by atoms with Crippen molar-refractivity contribution < 1.29 is 23.1 Å². The third-order valence-corrected chi connectivity index (χ3v) is 1.10. The molecule has 0 aliphatic heterocycles. The summed E-state index contributed by atoms with van der Waals surface area (Å²) < 4.78 is 34.9. The van der Waals surface area contributed by atoms with Crippen molar-refractivity contribution in [2.75, 3.05) is 6.61 Å². The molecule has 0 heterocycles. The summed E-state index contributed by atoms with van der Waals surface area (Å²) in [6.45, 7) is 2.03. The number of aliphatic hydroxyl groups excluding tert-OH is 1. The maximum atomic E-state index is 11.6. The van der Waals surface area contributed by atoms with Crippen molar-refractivity contribution >= 4 is 5.91 Å². The fraction of sp³-hybridized carbons (Fsp3) is 0.833. The fourth-order valence-electron chi connectivity index (χ4n) is 0.418. The largest absolute Gasteiger partial charge is 0.471 e. The Morgan fingerprint density at radius 3 is 2.08 bits per heavy atom. The topological polar surface area (TPSA) is 49.3 Å². The van der Waals surface area contributed by atoms with Crippen molar-refractivity contribution in [1.82, 2.24) is 5.32 Å². The van der Waals surface area contributed by atoms with Crippen LogP contribution in [0.4, 0.5) is 13.2 Å². The van der Waals surface area contributed by atoms with E-state index in [9.17, 15) is 18.0 Å². The van der Waals surface area contributed by atoms with E-state index in [4.69, 9.17) is 5.11 Å². The highest BCUT2D eigenvalue weighted by molar-refractivity contribution is 5.82. The maximum Gasteiger partial charge on any atom is 0.471 e. The minimum atomic E-state index is -4.90. The van der Waals surface area contributed by atoms with Crippen LogP contribution < -0.4 is 5.32 Å². The molecule has 1 amide bonds. The number of rotatable bonds is 2. The minimum absolute atomic E-state index is 0.547. The Hall–Kier alpha value is -0.780. The van der Waals surface area contributed by atoms with Crippen molar-refractivity contribution in [3.8, 4) is 0 Å². The molecule has 0 aromatic carbocycles. The van der Waals surface area contributed by atoms with Gasteiger partial charge >= 0.3 is 12.1 Å². The Labute approximate surface area is 67.6 Å². The van der Waals surface area contributed by atoms with Crippen LogP contribution in [-0.4, -0.2) is 29.3 Å². The quantitative estimate of drug-likeness (QED) is 0.655. The van der Waals surface area contributed by atoms with E-state index in [1.807, 2.05) is 0 Å². The maximum absolute atomic E-state index is 11.6. The molecule has 0 saturated heterocycles. The van der Waals surface area contributed by atoms with E-state index >= 15 is 0 Å². The predicted molar refractivity (Wildman–Crippen MR) is 35.4 cm³/mol. The monoisotopic (exact) mass is 185 g/mol. The van der Waals surface area contributed by atoms with Crippen LogP contribution in [0.2, 0.25) is 0 Å². The number of halogens is 3. The number of alkyl halides is 3. The molecule has 0 saturated carbocycles. The normalized spacial score (nSPS) is 12.8. The van der Waals surface area contributed by atoms with E-state index in [-0.39, 0.29) is 0 Å². The Morgan fingerprint density at radius 2 is 1.83 bits per heavy atom. The first kappa shape index (κ1) is 11.2. The van der Waals surface area contributed by atoms with Crippen LogP contribution in [0.5, 0.6) is 0 Å². The van der Waals surface area contributed by atoms with Crippen LogP contribution >= 0.6 is 0 Å². The molecule has 72 valence electrons. The van der Waals surface area contributed by atoms with Crippen molar-refractivity contribution in [3.63, 3.8) is 0 Å². The number of amides is 1. The molecule has 0 bridgehead atoms. The number of hydrogen-bond donors (Lipinski definition) is 2. The van der Waals surface area contributed by atoms with E-state index in [2.05, 4.69) is 0 Å². The smallest absolute Gasteiger partial charge is 0.394 e. The van der Waals surface area contributed by atoms with Gasteiger partial charge in [-0.1, -0.05) is 0 Å². The van der Waals surface area contributed by atoms with Gasteiger partial charge in [0.15, 0.2) is 0 Å². The van der Waals surface area contributed by atoms with Gasteiger partial charge in [-0.15, -0.1) is 0 Å². The summed E-state index contributed by atoms with van der Waals surface area (Å²) >= 11 is 0. The van der Waals surface area contributed by atoms with Gasteiger partial charge in [0, 0.05) is 0 Å². The first-order valence-corrected chi connectivity index (χ1v) is 3.19. The van der Waals surface area contributed by atoms with Gasteiger partial charge in [0.1, 0.15) is 0 Å². The highest BCUT2D eigenvalue weighted by atomic mass is 19.4. The van der Waals surface area contributed by atoms with Crippen LogP contribution in [0.15, 0.2) is 0 Å². The second-order valence-corrected chi connectivity index (χ2v) is 2.99. The molecule has 0 rings (SSSR count). The molecule has 0 aromatic rings. The van der Waals surface area contributed by atoms with Crippen molar-refractivity contribution in [3.05, 3.63) is 0 Å². The lowest BCUT2D eigenvalue weighted by Gasteiger charge is -2.23. The van der Waals surface area contributed by atoms with E-state index in [1.165, 1.54) is 13.8 Å². The van der Waals surface area contributed by atoms with Crippen molar-refractivity contribution in [1.29, 1.82) is 0 Å². The van der Waals surface area contributed by atoms with Gasteiger partial charge in [-0.2, -0.15) is 13.2 Å². The first-order valence-electron chi connectivity index (χ1n) is 3.19. The number of carbonyl (C=O) groups excluding carboxylic acids is 1. The lowest BCUT2D eigenvalue weighted by atomic mass is 10.1. The Bertz CT molecular complexity index is 176. The second kappa shape index (κ2) is 3.30. The van der Waals surface area contributed by atoms with Crippen molar-refractivity contribution in [2.45, 2.75) is 25.6 Å².